The molecular formula is C16H24F3N5. The molecule has 24 heavy (non-hydrogen) atoms. The molecule has 3 heterocycles. The van der Waals surface area contributed by atoms with Crippen LogP contribution in [0.5, 0.6) is 0 Å². The average molecular weight is 343 g/mol. The lowest BCUT2D eigenvalue weighted by molar-refractivity contribution is -0.141. The Labute approximate surface area is 140 Å². The molecule has 134 valence electrons. The van der Waals surface area contributed by atoms with Crippen LogP contribution in [0.25, 0.3) is 0 Å². The van der Waals surface area contributed by atoms with E-state index >= 15 is 0 Å². The highest BCUT2D eigenvalue weighted by Crippen LogP contribution is 2.35. The fourth-order valence-corrected chi connectivity index (χ4v) is 3.76. The second-order valence-electron chi connectivity index (χ2n) is 7.02. The van der Waals surface area contributed by atoms with Crippen molar-refractivity contribution in [1.82, 2.24) is 14.9 Å². The van der Waals surface area contributed by atoms with Crippen LogP contribution in [0, 0.1) is 5.92 Å². The number of aromatic nitrogens is 2. The lowest BCUT2D eigenvalue weighted by atomic mass is 9.84. The summed E-state index contributed by atoms with van der Waals surface area (Å²) >= 11 is 0. The summed E-state index contributed by atoms with van der Waals surface area (Å²) in [6.07, 6.45) is -1.45. The van der Waals surface area contributed by atoms with Crippen LogP contribution < -0.4 is 9.80 Å². The lowest BCUT2D eigenvalue weighted by Gasteiger charge is -2.46. The molecule has 2 fully saturated rings. The predicted molar refractivity (Wildman–Crippen MR) is 87.3 cm³/mol. The number of rotatable bonds is 2. The first-order valence-electron chi connectivity index (χ1n) is 8.34. The van der Waals surface area contributed by atoms with Gasteiger partial charge in [-0.1, -0.05) is 0 Å². The molecule has 0 saturated carbocycles. The van der Waals surface area contributed by atoms with E-state index in [0.717, 1.165) is 45.0 Å². The van der Waals surface area contributed by atoms with Crippen molar-refractivity contribution >= 4 is 11.8 Å². The molecule has 2 aliphatic heterocycles. The van der Waals surface area contributed by atoms with Gasteiger partial charge in [0.1, 0.15) is 5.82 Å². The molecule has 0 amide bonds. The highest BCUT2D eigenvalue weighted by atomic mass is 19.4. The van der Waals surface area contributed by atoms with Gasteiger partial charge in [-0.25, -0.2) is 4.98 Å². The van der Waals surface area contributed by atoms with E-state index in [1.54, 1.807) is 19.0 Å². The lowest BCUT2D eigenvalue weighted by Crippen LogP contribution is -2.54. The van der Waals surface area contributed by atoms with Gasteiger partial charge < -0.3 is 14.7 Å². The SMILES string of the molecule is CN1CC[C@H]2[C@H](CCCN2c2nc(N(C)C)cc(C(F)(F)F)n2)C1. The first-order chi connectivity index (χ1) is 11.3. The van der Waals surface area contributed by atoms with Crippen LogP contribution in [0.2, 0.25) is 0 Å². The maximum Gasteiger partial charge on any atom is 0.433 e. The first kappa shape index (κ1) is 17.3. The fraction of sp³-hybridized carbons (Fsp3) is 0.750. The second kappa shape index (κ2) is 6.38. The van der Waals surface area contributed by atoms with Gasteiger partial charge in [0.25, 0.3) is 0 Å². The number of fused-ring (bicyclic) bond motifs is 1. The molecule has 2 aliphatic rings. The zero-order valence-electron chi connectivity index (χ0n) is 14.3. The fourth-order valence-electron chi connectivity index (χ4n) is 3.76. The van der Waals surface area contributed by atoms with Gasteiger partial charge in [-0.15, -0.1) is 0 Å². The smallest absolute Gasteiger partial charge is 0.363 e. The predicted octanol–water partition coefficient (Wildman–Crippen LogP) is 2.48. The van der Waals surface area contributed by atoms with Crippen molar-refractivity contribution in [2.24, 2.45) is 5.92 Å². The van der Waals surface area contributed by atoms with E-state index in [1.807, 2.05) is 4.90 Å². The van der Waals surface area contributed by atoms with Crippen LogP contribution in [0.3, 0.4) is 0 Å². The Kier molecular flexibility index (Phi) is 4.59. The molecule has 2 atom stereocenters. The second-order valence-corrected chi connectivity index (χ2v) is 7.02. The van der Waals surface area contributed by atoms with Crippen LogP contribution in [0.1, 0.15) is 25.0 Å². The summed E-state index contributed by atoms with van der Waals surface area (Å²) in [7, 11) is 5.49. The molecule has 0 aromatic carbocycles. The van der Waals surface area contributed by atoms with Gasteiger partial charge in [-0.2, -0.15) is 18.2 Å². The molecule has 1 aromatic rings. The van der Waals surface area contributed by atoms with E-state index in [0.29, 0.717) is 11.7 Å². The summed E-state index contributed by atoms with van der Waals surface area (Å²) in [4.78, 5) is 14.2. The molecule has 0 radical (unpaired) electrons. The number of hydrogen-bond acceptors (Lipinski definition) is 5. The third kappa shape index (κ3) is 3.43. The van der Waals surface area contributed by atoms with Crippen molar-refractivity contribution < 1.29 is 13.2 Å². The van der Waals surface area contributed by atoms with Gasteiger partial charge in [0.15, 0.2) is 5.69 Å². The first-order valence-corrected chi connectivity index (χ1v) is 8.34. The minimum atomic E-state index is -4.47. The van der Waals surface area contributed by atoms with Crippen molar-refractivity contribution in [3.8, 4) is 0 Å². The Morgan fingerprint density at radius 3 is 2.58 bits per heavy atom. The molecule has 0 N–H and O–H groups in total. The molecule has 0 unspecified atom stereocenters. The molecule has 0 aliphatic carbocycles. The number of alkyl halides is 3. The summed E-state index contributed by atoms with van der Waals surface area (Å²) in [5, 5.41) is 0. The number of halogens is 3. The summed E-state index contributed by atoms with van der Waals surface area (Å²) < 4.78 is 39.7. The zero-order chi connectivity index (χ0) is 17.5. The van der Waals surface area contributed by atoms with E-state index in [2.05, 4.69) is 21.9 Å². The maximum atomic E-state index is 13.2. The third-order valence-electron chi connectivity index (χ3n) is 4.98. The van der Waals surface area contributed by atoms with Crippen LogP contribution in [-0.4, -0.2) is 61.7 Å². The Morgan fingerprint density at radius 1 is 1.17 bits per heavy atom. The maximum absolute atomic E-state index is 13.2. The highest BCUT2D eigenvalue weighted by Gasteiger charge is 2.39. The standard InChI is InChI=1S/C16H24F3N5/c1-22(2)14-9-13(16(17,18)19)20-15(21-14)24-7-4-5-11-10-23(3)8-6-12(11)24/h9,11-12H,4-8,10H2,1-3H3/t11-,12+/m1/s1. The van der Waals surface area contributed by atoms with Crippen LogP contribution >= 0.6 is 0 Å². The molecule has 2 saturated heterocycles. The normalized spacial score (nSPS) is 25.5. The molecular weight excluding hydrogens is 319 g/mol. The topological polar surface area (TPSA) is 35.5 Å². The summed E-state index contributed by atoms with van der Waals surface area (Å²) in [5.41, 5.74) is -0.869. The minimum Gasteiger partial charge on any atom is -0.363 e. The van der Waals surface area contributed by atoms with E-state index < -0.39 is 11.9 Å². The van der Waals surface area contributed by atoms with E-state index in [9.17, 15) is 13.2 Å². The molecule has 1 aromatic heterocycles. The summed E-state index contributed by atoms with van der Waals surface area (Å²) in [6.45, 7) is 2.66. The van der Waals surface area contributed by atoms with Gasteiger partial charge in [-0.3, -0.25) is 0 Å². The monoisotopic (exact) mass is 343 g/mol. The molecule has 0 spiro atoms. The van der Waals surface area contributed by atoms with Gasteiger partial charge >= 0.3 is 6.18 Å². The summed E-state index contributed by atoms with van der Waals surface area (Å²) in [5.74, 6) is 0.980. The van der Waals surface area contributed by atoms with E-state index in [1.165, 1.54) is 0 Å². The number of likely N-dealkylation sites (tertiary alicyclic amines) is 1. The quantitative estimate of drug-likeness (QED) is 0.824. The van der Waals surface area contributed by atoms with Crippen molar-refractivity contribution in [1.29, 1.82) is 0 Å². The van der Waals surface area contributed by atoms with Crippen molar-refractivity contribution in [2.45, 2.75) is 31.5 Å². The molecule has 5 nitrogen and oxygen atoms in total. The Hall–Kier alpha value is -1.57. The summed E-state index contributed by atoms with van der Waals surface area (Å²) in [6, 6.07) is 1.24. The largest absolute Gasteiger partial charge is 0.433 e. The molecule has 0 bridgehead atoms. The number of piperidine rings is 2. The van der Waals surface area contributed by atoms with E-state index in [4.69, 9.17) is 0 Å². The third-order valence-corrected chi connectivity index (χ3v) is 4.98. The van der Waals surface area contributed by atoms with Gasteiger partial charge in [0, 0.05) is 39.3 Å². The molecule has 3 rings (SSSR count). The van der Waals surface area contributed by atoms with Crippen LogP contribution in [0.15, 0.2) is 6.07 Å². The van der Waals surface area contributed by atoms with Gasteiger partial charge in [0.05, 0.1) is 0 Å². The number of hydrogen-bond donors (Lipinski definition) is 0. The Bertz CT molecular complexity index is 590. The van der Waals surface area contributed by atoms with Crippen molar-refractivity contribution in [3.05, 3.63) is 11.8 Å². The van der Waals surface area contributed by atoms with Gasteiger partial charge in [-0.05, 0) is 38.8 Å². The van der Waals surface area contributed by atoms with Crippen LogP contribution in [0.4, 0.5) is 24.9 Å². The average Bonchev–Trinajstić information content (AvgIpc) is 2.52. The van der Waals surface area contributed by atoms with Crippen molar-refractivity contribution in [2.75, 3.05) is 50.6 Å². The van der Waals surface area contributed by atoms with Crippen LogP contribution in [-0.2, 0) is 6.18 Å². The zero-order valence-corrected chi connectivity index (χ0v) is 14.3. The van der Waals surface area contributed by atoms with E-state index in [-0.39, 0.29) is 12.0 Å². The minimum absolute atomic E-state index is 0.216. The van der Waals surface area contributed by atoms with Gasteiger partial charge in [0.2, 0.25) is 5.95 Å². The highest BCUT2D eigenvalue weighted by molar-refractivity contribution is 5.46. The Balaban J connectivity index is 1.96. The number of anilines is 2. The number of nitrogens with zero attached hydrogens (tertiary/aromatic N) is 5. The van der Waals surface area contributed by atoms with Crippen molar-refractivity contribution in [3.63, 3.8) is 0 Å². The molecule has 8 heteroatoms. The Morgan fingerprint density at radius 2 is 1.92 bits per heavy atom.